The van der Waals surface area contributed by atoms with Crippen molar-refractivity contribution in [3.63, 3.8) is 0 Å². The van der Waals surface area contributed by atoms with Crippen LogP contribution in [-0.4, -0.2) is 52.3 Å². The van der Waals surface area contributed by atoms with Gasteiger partial charge in [-0.3, -0.25) is 9.59 Å². The van der Waals surface area contributed by atoms with Gasteiger partial charge in [0.25, 0.3) is 0 Å². The van der Waals surface area contributed by atoms with Crippen LogP contribution in [0.2, 0.25) is 0 Å². The number of methoxy groups -OCH3 is 3. The maximum absolute atomic E-state index is 13.6. The van der Waals surface area contributed by atoms with Crippen molar-refractivity contribution in [3.8, 4) is 17.2 Å². The summed E-state index contributed by atoms with van der Waals surface area (Å²) in [6, 6.07) is 17.6. The quantitative estimate of drug-likeness (QED) is 0.367. The molecule has 0 fully saturated rings. The highest BCUT2D eigenvalue weighted by molar-refractivity contribution is 7.99. The van der Waals surface area contributed by atoms with Gasteiger partial charge < -0.3 is 29.2 Å². The molecule has 1 aliphatic heterocycles. The van der Waals surface area contributed by atoms with Crippen molar-refractivity contribution in [2.24, 2.45) is 0 Å². The van der Waals surface area contributed by atoms with Gasteiger partial charge in [-0.15, -0.1) is 11.8 Å². The molecule has 3 aromatic carbocycles. The lowest BCUT2D eigenvalue weighted by Gasteiger charge is -2.22. The lowest BCUT2D eigenvalue weighted by molar-refractivity contribution is -0.121. The summed E-state index contributed by atoms with van der Waals surface area (Å²) in [5, 5.41) is 2.55. The zero-order chi connectivity index (χ0) is 27.9. The van der Waals surface area contributed by atoms with Gasteiger partial charge in [0.15, 0.2) is 11.5 Å². The summed E-state index contributed by atoms with van der Waals surface area (Å²) >= 11 is 1.54. The molecule has 204 valence electrons. The zero-order valence-corrected chi connectivity index (χ0v) is 23.0. The average Bonchev–Trinajstić information content (AvgIpc) is 3.08. The van der Waals surface area contributed by atoms with Crippen molar-refractivity contribution in [1.82, 2.24) is 0 Å². The van der Waals surface area contributed by atoms with Crippen LogP contribution in [0.25, 0.3) is 0 Å². The first-order valence-electron chi connectivity index (χ1n) is 12.3. The van der Waals surface area contributed by atoms with E-state index in [2.05, 4.69) is 5.32 Å². The molecule has 0 saturated carbocycles. The third-order valence-electron chi connectivity index (χ3n) is 6.13. The van der Waals surface area contributed by atoms with Crippen LogP contribution < -0.4 is 24.4 Å². The number of fused-ring (bicyclic) bond motifs is 1. The Morgan fingerprint density at radius 2 is 1.64 bits per heavy atom. The van der Waals surface area contributed by atoms with Crippen molar-refractivity contribution >= 4 is 40.9 Å². The number of carbonyl (C=O) groups is 3. The van der Waals surface area contributed by atoms with E-state index in [4.69, 9.17) is 18.9 Å². The highest BCUT2D eigenvalue weighted by Gasteiger charge is 2.31. The van der Waals surface area contributed by atoms with Crippen LogP contribution in [-0.2, 0) is 14.3 Å². The summed E-state index contributed by atoms with van der Waals surface area (Å²) < 4.78 is 21.5. The SMILES string of the molecule is CCOC(=O)c1ccc(NC(=O)CN2C(=O)CC(c3cc(OC)c(OC)c(OC)c3)Sc3ccccc32)cc1. The first-order chi connectivity index (χ1) is 18.9. The van der Waals surface area contributed by atoms with Gasteiger partial charge >= 0.3 is 5.97 Å². The van der Waals surface area contributed by atoms with Gasteiger partial charge in [-0.1, -0.05) is 12.1 Å². The normalized spacial score (nSPS) is 14.6. The molecule has 1 heterocycles. The molecule has 9 nitrogen and oxygen atoms in total. The molecule has 3 aromatic rings. The number of nitrogens with one attached hydrogen (secondary N) is 1. The first kappa shape index (κ1) is 27.8. The van der Waals surface area contributed by atoms with Crippen LogP contribution in [0.15, 0.2) is 65.6 Å². The van der Waals surface area contributed by atoms with Gasteiger partial charge in [0.05, 0.1) is 39.2 Å². The number of hydrogen-bond donors (Lipinski definition) is 1. The van der Waals surface area contributed by atoms with Gasteiger partial charge in [-0.05, 0) is 61.0 Å². The van der Waals surface area contributed by atoms with Crippen molar-refractivity contribution in [3.05, 3.63) is 71.8 Å². The second kappa shape index (κ2) is 12.6. The Labute approximate surface area is 231 Å². The van der Waals surface area contributed by atoms with E-state index in [1.54, 1.807) is 45.4 Å². The van der Waals surface area contributed by atoms with E-state index in [1.807, 2.05) is 36.4 Å². The highest BCUT2D eigenvalue weighted by atomic mass is 32.2. The summed E-state index contributed by atoms with van der Waals surface area (Å²) in [5.74, 6) is 0.492. The topological polar surface area (TPSA) is 103 Å². The Morgan fingerprint density at radius 3 is 2.26 bits per heavy atom. The molecule has 2 amide bonds. The molecule has 1 atom stereocenters. The Bertz CT molecular complexity index is 1330. The smallest absolute Gasteiger partial charge is 0.338 e. The molecule has 0 aromatic heterocycles. The third-order valence-corrected chi connectivity index (χ3v) is 7.45. The predicted molar refractivity (Wildman–Crippen MR) is 149 cm³/mol. The summed E-state index contributed by atoms with van der Waals surface area (Å²) in [5.41, 5.74) is 2.40. The summed E-state index contributed by atoms with van der Waals surface area (Å²) in [4.78, 5) is 40.8. The zero-order valence-electron chi connectivity index (χ0n) is 22.2. The van der Waals surface area contributed by atoms with Gasteiger partial charge in [0, 0.05) is 22.3 Å². The first-order valence-corrected chi connectivity index (χ1v) is 13.2. The molecule has 1 N–H and O–H groups in total. The second-order valence-electron chi connectivity index (χ2n) is 8.56. The van der Waals surface area contributed by atoms with Crippen LogP contribution >= 0.6 is 11.8 Å². The number of benzene rings is 3. The molecule has 0 saturated heterocycles. The number of amides is 2. The lowest BCUT2D eigenvalue weighted by atomic mass is 10.1. The van der Waals surface area contributed by atoms with Gasteiger partial charge in [0.2, 0.25) is 17.6 Å². The number of ether oxygens (including phenoxy) is 4. The molecule has 0 bridgehead atoms. The molecule has 1 aliphatic rings. The number of thioether (sulfide) groups is 1. The fraction of sp³-hybridized carbons (Fsp3) is 0.276. The third kappa shape index (κ3) is 6.28. The summed E-state index contributed by atoms with van der Waals surface area (Å²) in [7, 11) is 4.64. The number of rotatable bonds is 9. The minimum atomic E-state index is -0.429. The Hall–Kier alpha value is -4.18. The van der Waals surface area contributed by atoms with Crippen LogP contribution in [0, 0.1) is 0 Å². The van der Waals surface area contributed by atoms with E-state index in [9.17, 15) is 14.4 Å². The van der Waals surface area contributed by atoms with E-state index in [0.717, 1.165) is 10.5 Å². The predicted octanol–water partition coefficient (Wildman–Crippen LogP) is 5.10. The number of nitrogens with zero attached hydrogens (tertiary/aromatic N) is 1. The summed E-state index contributed by atoms with van der Waals surface area (Å²) in [6.45, 7) is 1.85. The summed E-state index contributed by atoms with van der Waals surface area (Å²) in [6.07, 6.45) is 0.152. The number of anilines is 2. The molecule has 10 heteroatoms. The maximum atomic E-state index is 13.6. The molecule has 0 spiro atoms. The molecular weight excluding hydrogens is 520 g/mol. The van der Waals surface area contributed by atoms with Crippen LogP contribution in [0.4, 0.5) is 11.4 Å². The molecule has 0 aliphatic carbocycles. The van der Waals surface area contributed by atoms with Crippen LogP contribution in [0.3, 0.4) is 0 Å². The van der Waals surface area contributed by atoms with Gasteiger partial charge in [-0.25, -0.2) is 4.79 Å². The number of para-hydroxylation sites is 1. The molecule has 39 heavy (non-hydrogen) atoms. The monoisotopic (exact) mass is 550 g/mol. The minimum Gasteiger partial charge on any atom is -0.493 e. The van der Waals surface area contributed by atoms with Crippen molar-refractivity contribution in [1.29, 1.82) is 0 Å². The van der Waals surface area contributed by atoms with Crippen molar-refractivity contribution in [2.75, 3.05) is 44.7 Å². The van der Waals surface area contributed by atoms with Crippen molar-refractivity contribution < 1.29 is 33.3 Å². The van der Waals surface area contributed by atoms with E-state index in [1.165, 1.54) is 23.8 Å². The molecule has 0 radical (unpaired) electrons. The highest BCUT2D eigenvalue weighted by Crippen LogP contribution is 2.49. The maximum Gasteiger partial charge on any atom is 0.338 e. The lowest BCUT2D eigenvalue weighted by Crippen LogP contribution is -2.38. The van der Waals surface area contributed by atoms with E-state index in [-0.39, 0.29) is 36.6 Å². The molecule has 4 rings (SSSR count). The fourth-order valence-electron chi connectivity index (χ4n) is 4.27. The number of carbonyl (C=O) groups excluding carboxylic acids is 3. The largest absolute Gasteiger partial charge is 0.493 e. The number of esters is 1. The molecular formula is C29H30N2O7S. The second-order valence-corrected chi connectivity index (χ2v) is 9.81. The van der Waals surface area contributed by atoms with Crippen LogP contribution in [0.5, 0.6) is 17.2 Å². The minimum absolute atomic E-state index is 0.152. The standard InChI is InChI=1S/C29H30N2O7S/c1-5-38-29(34)18-10-12-20(13-11-18)30-26(32)17-31-21-8-6-7-9-24(21)39-25(16-27(31)33)19-14-22(35-2)28(37-4)23(15-19)36-3/h6-15,25H,5,16-17H2,1-4H3,(H,30,32). The molecule has 1 unspecified atom stereocenters. The van der Waals surface area contributed by atoms with Gasteiger partial charge in [-0.2, -0.15) is 0 Å². The number of hydrogen-bond acceptors (Lipinski definition) is 8. The van der Waals surface area contributed by atoms with Gasteiger partial charge in [0.1, 0.15) is 6.54 Å². The Morgan fingerprint density at radius 1 is 0.974 bits per heavy atom. The van der Waals surface area contributed by atoms with E-state index in [0.29, 0.717) is 34.2 Å². The Balaban J connectivity index is 1.56. The van der Waals surface area contributed by atoms with E-state index < -0.39 is 5.97 Å². The fourth-order valence-corrected chi connectivity index (χ4v) is 5.53. The average molecular weight is 551 g/mol. The van der Waals surface area contributed by atoms with Crippen LogP contribution in [0.1, 0.15) is 34.5 Å². The van der Waals surface area contributed by atoms with E-state index >= 15 is 0 Å². The Kier molecular flexibility index (Phi) is 8.98. The van der Waals surface area contributed by atoms with Crippen molar-refractivity contribution in [2.45, 2.75) is 23.5 Å².